The van der Waals surface area contributed by atoms with E-state index in [1.807, 2.05) is 18.2 Å². The van der Waals surface area contributed by atoms with Crippen molar-refractivity contribution in [2.75, 3.05) is 6.54 Å². The van der Waals surface area contributed by atoms with E-state index in [0.717, 1.165) is 35.1 Å². The Bertz CT molecular complexity index is 1380. The predicted octanol–water partition coefficient (Wildman–Crippen LogP) is 3.74. The molecule has 7 heteroatoms. The number of nitrogens with zero attached hydrogens (tertiary/aromatic N) is 3. The first-order valence-electron chi connectivity index (χ1n) is 12.5. The summed E-state index contributed by atoms with van der Waals surface area (Å²) < 4.78 is 6.92. The minimum atomic E-state index is -1.82. The molecule has 1 aromatic carbocycles. The zero-order chi connectivity index (χ0) is 25.1. The molecule has 0 radical (unpaired) electrons. The number of fused-ring (bicyclic) bond motifs is 5. The van der Waals surface area contributed by atoms with E-state index in [0.29, 0.717) is 35.4 Å². The molecule has 2 aliphatic rings. The molecule has 35 heavy (non-hydrogen) atoms. The van der Waals surface area contributed by atoms with Gasteiger partial charge < -0.3 is 14.4 Å². The molecule has 7 nitrogen and oxygen atoms in total. The summed E-state index contributed by atoms with van der Waals surface area (Å²) in [5.74, 6) is -0.704. The Kier molecular flexibility index (Phi) is 5.80. The maximum Gasteiger partial charge on any atom is 0.343 e. The van der Waals surface area contributed by atoms with Gasteiger partial charge in [0.25, 0.3) is 5.56 Å². The van der Waals surface area contributed by atoms with Crippen molar-refractivity contribution in [2.24, 2.45) is 0 Å². The van der Waals surface area contributed by atoms with Gasteiger partial charge in [-0.05, 0) is 58.2 Å². The summed E-state index contributed by atoms with van der Waals surface area (Å²) in [6.07, 6.45) is 0.968. The number of ether oxygens (including phenoxy) is 1. The number of para-hydroxylation sites is 1. The highest BCUT2D eigenvalue weighted by atomic mass is 16.6. The number of rotatable bonds is 6. The molecule has 2 aromatic heterocycles. The molecule has 2 aliphatic heterocycles. The van der Waals surface area contributed by atoms with Crippen molar-refractivity contribution in [1.82, 2.24) is 14.5 Å². The molecule has 5 rings (SSSR count). The Morgan fingerprint density at radius 2 is 1.86 bits per heavy atom. The summed E-state index contributed by atoms with van der Waals surface area (Å²) >= 11 is 0. The van der Waals surface area contributed by atoms with Crippen LogP contribution >= 0.6 is 0 Å². The first-order chi connectivity index (χ1) is 16.7. The zero-order valence-corrected chi connectivity index (χ0v) is 21.1. The van der Waals surface area contributed by atoms with Crippen molar-refractivity contribution in [3.8, 4) is 11.4 Å². The second-order valence-electron chi connectivity index (χ2n) is 10.2. The van der Waals surface area contributed by atoms with Crippen LogP contribution in [0.25, 0.3) is 22.3 Å². The lowest BCUT2D eigenvalue weighted by atomic mass is 9.86. The standard InChI is InChI=1S/C28H33N3O4/c1-6-28(34)22-13-24-25-20(14-31(24)26(32)21(22)15-35-27(28)33)18(11-12-30(16(2)3)17(4)5)19-9-7-8-10-23(19)29-25/h7-10,13,16-17,34H,6,11-12,14-15H2,1-5H3/t28-/m0/s1. The number of esters is 1. The van der Waals surface area contributed by atoms with E-state index in [2.05, 4.69) is 38.7 Å². The zero-order valence-electron chi connectivity index (χ0n) is 21.1. The topological polar surface area (TPSA) is 84.7 Å². The Morgan fingerprint density at radius 1 is 1.14 bits per heavy atom. The van der Waals surface area contributed by atoms with Crippen LogP contribution in [0.5, 0.6) is 0 Å². The quantitative estimate of drug-likeness (QED) is 0.428. The van der Waals surface area contributed by atoms with Crippen LogP contribution in [0.3, 0.4) is 0 Å². The Labute approximate surface area is 205 Å². The maximum absolute atomic E-state index is 13.6. The maximum atomic E-state index is 13.6. The van der Waals surface area contributed by atoms with E-state index < -0.39 is 11.6 Å². The number of carbonyl (C=O) groups excluding carboxylic acids is 1. The van der Waals surface area contributed by atoms with Crippen LogP contribution in [-0.2, 0) is 34.7 Å². The van der Waals surface area contributed by atoms with Crippen molar-refractivity contribution in [3.05, 3.63) is 62.9 Å². The molecule has 0 aliphatic carbocycles. The van der Waals surface area contributed by atoms with Gasteiger partial charge >= 0.3 is 5.97 Å². The second kappa shape index (κ2) is 8.57. The van der Waals surface area contributed by atoms with E-state index in [4.69, 9.17) is 9.72 Å². The fourth-order valence-corrected chi connectivity index (χ4v) is 5.75. The average molecular weight is 476 g/mol. The molecular formula is C28H33N3O4. The van der Waals surface area contributed by atoms with Crippen molar-refractivity contribution < 1.29 is 14.6 Å². The molecule has 0 amide bonds. The van der Waals surface area contributed by atoms with Gasteiger partial charge in [0, 0.05) is 35.1 Å². The molecule has 1 atom stereocenters. The highest BCUT2D eigenvalue weighted by Gasteiger charge is 2.45. The summed E-state index contributed by atoms with van der Waals surface area (Å²) in [6, 6.07) is 10.7. The van der Waals surface area contributed by atoms with Gasteiger partial charge in [-0.15, -0.1) is 0 Å². The lowest BCUT2D eigenvalue weighted by molar-refractivity contribution is -0.172. The van der Waals surface area contributed by atoms with Gasteiger partial charge in [0.15, 0.2) is 5.60 Å². The van der Waals surface area contributed by atoms with Crippen molar-refractivity contribution in [2.45, 2.75) is 78.3 Å². The summed E-state index contributed by atoms with van der Waals surface area (Å²) in [4.78, 5) is 33.4. The Hall–Kier alpha value is -3.03. The lowest BCUT2D eigenvalue weighted by Crippen LogP contribution is -2.44. The molecule has 0 saturated carbocycles. The van der Waals surface area contributed by atoms with Crippen LogP contribution in [0.4, 0.5) is 0 Å². The van der Waals surface area contributed by atoms with Crippen LogP contribution < -0.4 is 5.56 Å². The van der Waals surface area contributed by atoms with E-state index in [9.17, 15) is 14.7 Å². The van der Waals surface area contributed by atoms with E-state index in [1.165, 1.54) is 5.56 Å². The Balaban J connectivity index is 1.69. The highest BCUT2D eigenvalue weighted by molar-refractivity contribution is 5.89. The van der Waals surface area contributed by atoms with Crippen molar-refractivity contribution in [3.63, 3.8) is 0 Å². The normalized spacial score (nSPS) is 18.8. The highest BCUT2D eigenvalue weighted by Crippen LogP contribution is 2.40. The second-order valence-corrected chi connectivity index (χ2v) is 10.2. The van der Waals surface area contributed by atoms with Gasteiger partial charge in [0.05, 0.1) is 29.0 Å². The van der Waals surface area contributed by atoms with Gasteiger partial charge in [-0.2, -0.15) is 0 Å². The fraction of sp³-hybridized carbons (Fsp3) is 0.464. The molecular weight excluding hydrogens is 442 g/mol. The molecule has 0 spiro atoms. The first kappa shape index (κ1) is 23.7. The van der Waals surface area contributed by atoms with Gasteiger partial charge in [0.2, 0.25) is 0 Å². The van der Waals surface area contributed by atoms with Crippen LogP contribution in [-0.4, -0.2) is 44.2 Å². The lowest BCUT2D eigenvalue weighted by Gasteiger charge is -2.31. The smallest absolute Gasteiger partial charge is 0.343 e. The average Bonchev–Trinajstić information content (AvgIpc) is 3.19. The third kappa shape index (κ3) is 3.60. The number of hydrogen-bond acceptors (Lipinski definition) is 6. The predicted molar refractivity (Wildman–Crippen MR) is 135 cm³/mol. The number of hydrogen-bond donors (Lipinski definition) is 1. The third-order valence-electron chi connectivity index (χ3n) is 7.66. The third-order valence-corrected chi connectivity index (χ3v) is 7.66. The van der Waals surface area contributed by atoms with Crippen molar-refractivity contribution in [1.29, 1.82) is 0 Å². The monoisotopic (exact) mass is 475 g/mol. The van der Waals surface area contributed by atoms with Gasteiger partial charge in [0.1, 0.15) is 6.61 Å². The summed E-state index contributed by atoms with van der Waals surface area (Å²) in [5, 5.41) is 12.2. The van der Waals surface area contributed by atoms with Crippen molar-refractivity contribution >= 4 is 16.9 Å². The summed E-state index contributed by atoms with van der Waals surface area (Å²) in [6.45, 7) is 11.8. The number of aliphatic hydroxyl groups is 1. The summed E-state index contributed by atoms with van der Waals surface area (Å²) in [5.41, 5.74) is 3.20. The number of pyridine rings is 2. The molecule has 1 N–H and O–H groups in total. The van der Waals surface area contributed by atoms with Crippen LogP contribution in [0.1, 0.15) is 63.3 Å². The molecule has 3 aromatic rings. The van der Waals surface area contributed by atoms with Crippen LogP contribution in [0, 0.1) is 0 Å². The van der Waals surface area contributed by atoms with Gasteiger partial charge in [-0.3, -0.25) is 9.69 Å². The first-order valence-corrected chi connectivity index (χ1v) is 12.5. The van der Waals surface area contributed by atoms with Gasteiger partial charge in [-0.1, -0.05) is 25.1 Å². The van der Waals surface area contributed by atoms with E-state index >= 15 is 0 Å². The number of cyclic esters (lactones) is 1. The molecule has 0 bridgehead atoms. The summed E-state index contributed by atoms with van der Waals surface area (Å²) in [7, 11) is 0. The number of aromatic nitrogens is 2. The van der Waals surface area contributed by atoms with Crippen LogP contribution in [0.15, 0.2) is 35.1 Å². The number of carbonyl (C=O) groups is 1. The molecule has 184 valence electrons. The molecule has 0 unspecified atom stereocenters. The van der Waals surface area contributed by atoms with E-state index in [1.54, 1.807) is 17.6 Å². The molecule has 0 fully saturated rings. The minimum Gasteiger partial charge on any atom is -0.458 e. The Morgan fingerprint density at radius 3 is 2.54 bits per heavy atom. The van der Waals surface area contributed by atoms with E-state index in [-0.39, 0.29) is 18.6 Å². The largest absolute Gasteiger partial charge is 0.458 e. The van der Waals surface area contributed by atoms with Crippen LogP contribution in [0.2, 0.25) is 0 Å². The molecule has 4 heterocycles. The minimum absolute atomic E-state index is 0.119. The number of benzene rings is 1. The SMILES string of the molecule is CC[C@@]1(O)C(=O)OCc2c1cc1n(c2=O)Cc2c-1nc1ccccc1c2CCN(C(C)C)C(C)C. The molecule has 0 saturated heterocycles. The van der Waals surface area contributed by atoms with Gasteiger partial charge in [-0.25, -0.2) is 9.78 Å². The fourth-order valence-electron chi connectivity index (χ4n) is 5.75.